The standard InChI is InChI=1S/C14H21NO3/c1-17-11-18-13-7-8-15(9-13)14(10-16)12-5-3-2-4-6-12/h2-6,13-14,16H,7-11H2,1H3. The van der Waals surface area contributed by atoms with E-state index < -0.39 is 0 Å². The van der Waals surface area contributed by atoms with Crippen LogP contribution in [0.25, 0.3) is 0 Å². The molecular formula is C14H21NO3. The Morgan fingerprint density at radius 1 is 1.39 bits per heavy atom. The number of benzene rings is 1. The molecule has 1 N–H and O–H groups in total. The maximum Gasteiger partial charge on any atom is 0.146 e. The summed E-state index contributed by atoms with van der Waals surface area (Å²) in [5, 5.41) is 9.60. The number of aliphatic hydroxyl groups is 1. The van der Waals surface area contributed by atoms with Crippen LogP contribution in [0.5, 0.6) is 0 Å². The van der Waals surface area contributed by atoms with E-state index in [9.17, 15) is 5.11 Å². The largest absolute Gasteiger partial charge is 0.394 e. The maximum atomic E-state index is 9.60. The molecule has 0 radical (unpaired) electrons. The molecule has 4 heteroatoms. The van der Waals surface area contributed by atoms with Gasteiger partial charge >= 0.3 is 0 Å². The summed E-state index contributed by atoms with van der Waals surface area (Å²) in [5.74, 6) is 0. The lowest BCUT2D eigenvalue weighted by molar-refractivity contribution is -0.0684. The van der Waals surface area contributed by atoms with Crippen molar-refractivity contribution in [3.63, 3.8) is 0 Å². The summed E-state index contributed by atoms with van der Waals surface area (Å²) >= 11 is 0. The number of nitrogens with zero attached hydrogens (tertiary/aromatic N) is 1. The second-order valence-corrected chi connectivity index (χ2v) is 4.59. The molecule has 1 aromatic carbocycles. The highest BCUT2D eigenvalue weighted by molar-refractivity contribution is 5.19. The van der Waals surface area contributed by atoms with Crippen LogP contribution in [-0.2, 0) is 9.47 Å². The van der Waals surface area contributed by atoms with Crippen molar-refractivity contribution in [3.8, 4) is 0 Å². The molecule has 2 rings (SSSR count). The lowest BCUT2D eigenvalue weighted by Crippen LogP contribution is -2.30. The van der Waals surface area contributed by atoms with Crippen molar-refractivity contribution >= 4 is 0 Å². The molecule has 0 saturated carbocycles. The molecule has 1 aromatic rings. The van der Waals surface area contributed by atoms with Crippen molar-refractivity contribution in [1.82, 2.24) is 4.90 Å². The molecule has 1 aliphatic rings. The highest BCUT2D eigenvalue weighted by Gasteiger charge is 2.29. The van der Waals surface area contributed by atoms with E-state index in [-0.39, 0.29) is 18.8 Å². The minimum absolute atomic E-state index is 0.0716. The minimum atomic E-state index is 0.0716. The van der Waals surface area contributed by atoms with Crippen LogP contribution < -0.4 is 0 Å². The maximum absolute atomic E-state index is 9.60. The van der Waals surface area contributed by atoms with Crippen LogP contribution >= 0.6 is 0 Å². The third kappa shape index (κ3) is 3.29. The molecule has 2 atom stereocenters. The Bertz CT molecular complexity index is 344. The summed E-state index contributed by atoms with van der Waals surface area (Å²) in [6.07, 6.45) is 1.20. The third-order valence-electron chi connectivity index (χ3n) is 3.40. The normalized spacial score (nSPS) is 22.2. The van der Waals surface area contributed by atoms with Crippen molar-refractivity contribution < 1.29 is 14.6 Å². The van der Waals surface area contributed by atoms with E-state index in [4.69, 9.17) is 9.47 Å². The zero-order chi connectivity index (χ0) is 12.8. The molecule has 100 valence electrons. The van der Waals surface area contributed by atoms with Gasteiger partial charge in [0.2, 0.25) is 0 Å². The zero-order valence-corrected chi connectivity index (χ0v) is 10.8. The predicted octanol–water partition coefficient (Wildman–Crippen LogP) is 1.41. The third-order valence-corrected chi connectivity index (χ3v) is 3.40. The number of methoxy groups -OCH3 is 1. The second-order valence-electron chi connectivity index (χ2n) is 4.59. The predicted molar refractivity (Wildman–Crippen MR) is 69.2 cm³/mol. The van der Waals surface area contributed by atoms with Gasteiger partial charge in [-0.3, -0.25) is 4.90 Å². The fourth-order valence-corrected chi connectivity index (χ4v) is 2.44. The highest BCUT2D eigenvalue weighted by Crippen LogP contribution is 2.25. The van der Waals surface area contributed by atoms with E-state index in [1.807, 2.05) is 18.2 Å². The van der Waals surface area contributed by atoms with Crippen molar-refractivity contribution in [3.05, 3.63) is 35.9 Å². The van der Waals surface area contributed by atoms with Gasteiger partial charge in [-0.25, -0.2) is 0 Å². The second kappa shape index (κ2) is 6.85. The number of likely N-dealkylation sites (tertiary alicyclic amines) is 1. The van der Waals surface area contributed by atoms with Gasteiger partial charge in [0, 0.05) is 20.2 Å². The molecule has 0 aromatic heterocycles. The summed E-state index contributed by atoms with van der Waals surface area (Å²) < 4.78 is 10.5. The topological polar surface area (TPSA) is 41.9 Å². The average molecular weight is 251 g/mol. The fourth-order valence-electron chi connectivity index (χ4n) is 2.44. The van der Waals surface area contributed by atoms with Gasteiger partial charge in [-0.15, -0.1) is 0 Å². The van der Waals surface area contributed by atoms with Crippen molar-refractivity contribution in [2.75, 3.05) is 33.6 Å². The molecule has 1 heterocycles. The van der Waals surface area contributed by atoms with E-state index in [0.29, 0.717) is 6.79 Å². The Kier molecular flexibility index (Phi) is 5.13. The lowest BCUT2D eigenvalue weighted by atomic mass is 10.1. The van der Waals surface area contributed by atoms with Crippen molar-refractivity contribution in [2.24, 2.45) is 0 Å². The van der Waals surface area contributed by atoms with Gasteiger partial charge in [0.05, 0.1) is 18.8 Å². The summed E-state index contributed by atoms with van der Waals surface area (Å²) in [6, 6.07) is 10.2. The van der Waals surface area contributed by atoms with Crippen LogP contribution in [0.15, 0.2) is 30.3 Å². The first-order valence-electron chi connectivity index (χ1n) is 6.35. The Hall–Kier alpha value is -0.940. The van der Waals surface area contributed by atoms with Crippen LogP contribution in [0.3, 0.4) is 0 Å². The monoisotopic (exact) mass is 251 g/mol. The van der Waals surface area contributed by atoms with E-state index in [1.165, 1.54) is 0 Å². The summed E-state index contributed by atoms with van der Waals surface area (Å²) in [4.78, 5) is 2.27. The molecule has 18 heavy (non-hydrogen) atoms. The molecule has 1 aliphatic heterocycles. The fraction of sp³-hybridized carbons (Fsp3) is 0.571. The first kappa shape index (κ1) is 13.5. The van der Waals surface area contributed by atoms with Gasteiger partial charge < -0.3 is 14.6 Å². The molecule has 1 fully saturated rings. The number of ether oxygens (including phenoxy) is 2. The van der Waals surface area contributed by atoms with Crippen LogP contribution in [0.1, 0.15) is 18.0 Å². The summed E-state index contributed by atoms with van der Waals surface area (Å²) in [7, 11) is 1.63. The van der Waals surface area contributed by atoms with Gasteiger partial charge in [-0.05, 0) is 12.0 Å². The number of hydrogen-bond acceptors (Lipinski definition) is 4. The molecular weight excluding hydrogens is 230 g/mol. The van der Waals surface area contributed by atoms with E-state index in [2.05, 4.69) is 17.0 Å². The van der Waals surface area contributed by atoms with Gasteiger partial charge in [-0.1, -0.05) is 30.3 Å². The van der Waals surface area contributed by atoms with E-state index in [0.717, 1.165) is 25.1 Å². The lowest BCUT2D eigenvalue weighted by Gasteiger charge is -2.26. The Balaban J connectivity index is 1.94. The summed E-state index contributed by atoms with van der Waals surface area (Å²) in [5.41, 5.74) is 1.16. The van der Waals surface area contributed by atoms with Crippen LogP contribution in [0.4, 0.5) is 0 Å². The number of hydrogen-bond donors (Lipinski definition) is 1. The SMILES string of the molecule is COCOC1CCN(C(CO)c2ccccc2)C1. The first-order valence-corrected chi connectivity index (χ1v) is 6.35. The van der Waals surface area contributed by atoms with Crippen molar-refractivity contribution in [2.45, 2.75) is 18.6 Å². The molecule has 0 bridgehead atoms. The van der Waals surface area contributed by atoms with E-state index in [1.54, 1.807) is 7.11 Å². The average Bonchev–Trinajstić information content (AvgIpc) is 2.87. The van der Waals surface area contributed by atoms with Crippen LogP contribution in [0, 0.1) is 0 Å². The van der Waals surface area contributed by atoms with Gasteiger partial charge in [0.15, 0.2) is 0 Å². The van der Waals surface area contributed by atoms with Gasteiger partial charge in [0.25, 0.3) is 0 Å². The van der Waals surface area contributed by atoms with Crippen molar-refractivity contribution in [1.29, 1.82) is 0 Å². The van der Waals surface area contributed by atoms with Crippen LogP contribution in [-0.4, -0.2) is 49.7 Å². The van der Waals surface area contributed by atoms with Gasteiger partial charge in [-0.2, -0.15) is 0 Å². The molecule has 0 spiro atoms. The molecule has 0 amide bonds. The highest BCUT2D eigenvalue weighted by atomic mass is 16.7. The molecule has 2 unspecified atom stereocenters. The molecule has 1 saturated heterocycles. The minimum Gasteiger partial charge on any atom is -0.394 e. The summed E-state index contributed by atoms with van der Waals surface area (Å²) in [6.45, 7) is 2.28. The van der Waals surface area contributed by atoms with E-state index >= 15 is 0 Å². The van der Waals surface area contributed by atoms with Crippen LogP contribution in [0.2, 0.25) is 0 Å². The quantitative estimate of drug-likeness (QED) is 0.776. The number of aliphatic hydroxyl groups excluding tert-OH is 1. The molecule has 4 nitrogen and oxygen atoms in total. The first-order chi connectivity index (χ1) is 8.85. The van der Waals surface area contributed by atoms with Gasteiger partial charge in [0.1, 0.15) is 6.79 Å². The Morgan fingerprint density at radius 3 is 2.83 bits per heavy atom. The molecule has 0 aliphatic carbocycles. The Labute approximate surface area is 108 Å². The smallest absolute Gasteiger partial charge is 0.146 e. The number of rotatable bonds is 6. The Morgan fingerprint density at radius 2 is 2.17 bits per heavy atom. The zero-order valence-electron chi connectivity index (χ0n) is 10.8.